The molecule has 2 unspecified atom stereocenters. The van der Waals surface area contributed by atoms with Crippen LogP contribution in [0.2, 0.25) is 0 Å². The van der Waals surface area contributed by atoms with Crippen molar-refractivity contribution in [2.24, 2.45) is 0 Å². The van der Waals surface area contributed by atoms with Crippen LogP contribution in [0.5, 0.6) is 11.5 Å². The molecule has 3 aliphatic rings. The van der Waals surface area contributed by atoms with Gasteiger partial charge in [0.1, 0.15) is 23.2 Å². The molecule has 10 nitrogen and oxygen atoms in total. The predicted octanol–water partition coefficient (Wildman–Crippen LogP) is 6.61. The van der Waals surface area contributed by atoms with Crippen LogP contribution in [0.4, 0.5) is 14.5 Å². The van der Waals surface area contributed by atoms with Gasteiger partial charge in [-0.3, -0.25) is 19.7 Å². The van der Waals surface area contributed by atoms with Gasteiger partial charge >= 0.3 is 0 Å². The van der Waals surface area contributed by atoms with E-state index in [2.05, 4.69) is 24.4 Å². The summed E-state index contributed by atoms with van der Waals surface area (Å²) < 4.78 is 37.2. The van der Waals surface area contributed by atoms with Crippen LogP contribution in [-0.4, -0.2) is 76.1 Å². The van der Waals surface area contributed by atoms with Gasteiger partial charge in [-0.15, -0.1) is 0 Å². The summed E-state index contributed by atoms with van der Waals surface area (Å²) in [6.45, 7) is 3.32. The van der Waals surface area contributed by atoms with Crippen LogP contribution in [0.15, 0.2) is 97.3 Å². The van der Waals surface area contributed by atoms with Gasteiger partial charge in [0, 0.05) is 44.0 Å². The number of amides is 3. The van der Waals surface area contributed by atoms with Crippen LogP contribution in [-0.2, 0) is 16.1 Å². The van der Waals surface area contributed by atoms with Gasteiger partial charge in [-0.05, 0) is 83.9 Å². The summed E-state index contributed by atoms with van der Waals surface area (Å²) in [7, 11) is 0. The number of fused-ring (bicyclic) bond motifs is 1. The second kappa shape index (κ2) is 16.8. The molecule has 12 heteroatoms. The maximum atomic E-state index is 15.8. The monoisotopic (exact) mass is 762 g/mol. The van der Waals surface area contributed by atoms with E-state index < -0.39 is 41.5 Å². The van der Waals surface area contributed by atoms with Crippen LogP contribution in [0, 0.1) is 11.6 Å². The molecule has 1 saturated heterocycles. The maximum Gasteiger partial charge on any atom is 0.255 e. The van der Waals surface area contributed by atoms with Crippen molar-refractivity contribution in [1.29, 1.82) is 0 Å². The van der Waals surface area contributed by atoms with Gasteiger partial charge < -0.3 is 29.6 Å². The van der Waals surface area contributed by atoms with Crippen molar-refractivity contribution in [3.05, 3.63) is 137 Å². The minimum absolute atomic E-state index is 0.0184. The summed E-state index contributed by atoms with van der Waals surface area (Å²) in [6.07, 6.45) is 4.68. The van der Waals surface area contributed by atoms with Crippen molar-refractivity contribution in [3.8, 4) is 11.5 Å². The lowest BCUT2D eigenvalue weighted by atomic mass is 9.88. The van der Waals surface area contributed by atoms with E-state index in [0.717, 1.165) is 34.8 Å². The summed E-state index contributed by atoms with van der Waals surface area (Å²) in [4.78, 5) is 41.5. The average Bonchev–Trinajstić information content (AvgIpc) is 3.52. The zero-order valence-electron chi connectivity index (χ0n) is 31.1. The number of hydrogen-bond acceptors (Lipinski definition) is 8. The Morgan fingerprint density at radius 1 is 0.929 bits per heavy atom. The molecule has 4 aromatic rings. The zero-order valence-corrected chi connectivity index (χ0v) is 31.1. The number of imide groups is 1. The Bertz CT molecular complexity index is 2160. The fourth-order valence-corrected chi connectivity index (χ4v) is 7.68. The number of piperidine rings is 1. The molecule has 2 atom stereocenters. The highest BCUT2D eigenvalue weighted by atomic mass is 19.1. The normalized spacial score (nSPS) is 17.8. The molecule has 56 heavy (non-hydrogen) atoms. The van der Waals surface area contributed by atoms with E-state index >= 15 is 8.78 Å². The van der Waals surface area contributed by atoms with Crippen molar-refractivity contribution in [3.63, 3.8) is 0 Å². The van der Waals surface area contributed by atoms with Gasteiger partial charge in [-0.1, -0.05) is 61.5 Å². The number of ether oxygens (including phenoxy) is 1. The van der Waals surface area contributed by atoms with Crippen molar-refractivity contribution in [2.45, 2.75) is 57.7 Å². The number of phenols is 1. The number of allylic oxidation sites excluding steroid dienone is 1. The minimum atomic E-state index is -0.930. The van der Waals surface area contributed by atoms with Gasteiger partial charge in [0.15, 0.2) is 11.6 Å². The third kappa shape index (κ3) is 8.16. The number of aliphatic hydroxyl groups excluding tert-OH is 1. The lowest BCUT2D eigenvalue weighted by molar-refractivity contribution is -0.136. The SMILES string of the molecule is CC/C(=C(\c1ccc(O)cc1)c1ccc(OCCCC(O)CN2C=CN(c3c(F)cc4c(c3F)CN(C3CCC(=O)NC3=O)C4=O)CC2)cc1)c1ccccc1. The number of anilines is 1. The summed E-state index contributed by atoms with van der Waals surface area (Å²) in [5, 5.41) is 22.9. The fourth-order valence-electron chi connectivity index (χ4n) is 7.68. The number of benzene rings is 4. The molecule has 290 valence electrons. The fraction of sp³-hybridized carbons (Fsp3) is 0.295. The van der Waals surface area contributed by atoms with Crippen molar-refractivity contribution in [1.82, 2.24) is 15.1 Å². The van der Waals surface area contributed by atoms with Crippen LogP contribution >= 0.6 is 0 Å². The molecule has 4 aromatic carbocycles. The molecule has 3 amide bonds. The van der Waals surface area contributed by atoms with Gasteiger partial charge in [0.2, 0.25) is 11.8 Å². The summed E-state index contributed by atoms with van der Waals surface area (Å²) in [5.74, 6) is -2.52. The van der Waals surface area contributed by atoms with E-state index in [0.29, 0.717) is 38.3 Å². The van der Waals surface area contributed by atoms with Crippen LogP contribution < -0.4 is 15.0 Å². The van der Waals surface area contributed by atoms with E-state index in [4.69, 9.17) is 4.74 Å². The van der Waals surface area contributed by atoms with Crippen LogP contribution in [0.1, 0.15) is 71.6 Å². The quantitative estimate of drug-likeness (QED) is 0.0791. The summed E-state index contributed by atoms with van der Waals surface area (Å²) in [6, 6.07) is 25.5. The first-order chi connectivity index (χ1) is 27.1. The predicted molar refractivity (Wildman–Crippen MR) is 208 cm³/mol. The number of phenolic OH excluding ortho intramolecular Hbond substituents is 1. The molecule has 0 saturated carbocycles. The first kappa shape index (κ1) is 38.3. The van der Waals surface area contributed by atoms with Gasteiger partial charge in [-0.2, -0.15) is 0 Å². The van der Waals surface area contributed by atoms with E-state index in [1.165, 1.54) is 15.4 Å². The molecule has 7 rings (SSSR count). The molecule has 3 aliphatic heterocycles. The Kier molecular flexibility index (Phi) is 11.5. The molecular weight excluding hydrogens is 719 g/mol. The molecule has 0 bridgehead atoms. The molecular formula is C44H44F2N4O6. The smallest absolute Gasteiger partial charge is 0.255 e. The lowest BCUT2D eigenvalue weighted by Gasteiger charge is -2.33. The summed E-state index contributed by atoms with van der Waals surface area (Å²) in [5.41, 5.74) is 5.06. The standard InChI is InChI=1S/C44H44F2N4O6/c1-2-34(28-7-4-3-5-8-28)40(29-10-14-31(51)15-11-29)30-12-16-33(17-13-30)56-24-6-9-32(52)26-48-20-22-49(23-21-48)42-37(45)25-35-36(41(42)46)27-50(44(35)55)38-18-19-39(53)47-43(38)54/h3-5,7-8,10-17,20,22,25,32,38,51-52H,2,6,9,18-19,21,23-24,26-27H2,1H3,(H,47,53,54)/b40-34-. The zero-order chi connectivity index (χ0) is 39.3. The maximum absolute atomic E-state index is 15.8. The number of halogens is 2. The van der Waals surface area contributed by atoms with E-state index in [1.807, 2.05) is 59.5 Å². The number of aliphatic hydroxyl groups is 1. The summed E-state index contributed by atoms with van der Waals surface area (Å²) >= 11 is 0. The number of carbonyl (C=O) groups is 3. The number of aromatic hydroxyl groups is 1. The Hall–Kier alpha value is -6.01. The first-order valence-corrected chi connectivity index (χ1v) is 18.9. The first-order valence-electron chi connectivity index (χ1n) is 18.9. The van der Waals surface area contributed by atoms with E-state index in [9.17, 15) is 24.6 Å². The highest BCUT2D eigenvalue weighted by molar-refractivity contribution is 6.05. The topological polar surface area (TPSA) is 123 Å². The van der Waals surface area contributed by atoms with Crippen molar-refractivity contribution >= 4 is 34.6 Å². The third-order valence-corrected chi connectivity index (χ3v) is 10.5. The van der Waals surface area contributed by atoms with Gasteiger partial charge in [0.05, 0.1) is 24.8 Å². The Balaban J connectivity index is 0.918. The van der Waals surface area contributed by atoms with Crippen molar-refractivity contribution < 1.29 is 38.1 Å². The lowest BCUT2D eigenvalue weighted by Crippen LogP contribution is -2.52. The highest BCUT2D eigenvalue weighted by Gasteiger charge is 2.41. The Morgan fingerprint density at radius 3 is 2.30 bits per heavy atom. The number of β-amino-alcohol motifs (C(OH)–C–C–N with tert-alkyl or cyclic N) is 1. The highest BCUT2D eigenvalue weighted by Crippen LogP contribution is 2.37. The molecule has 0 aliphatic carbocycles. The number of hydrogen-bond donors (Lipinski definition) is 3. The van der Waals surface area contributed by atoms with Crippen LogP contribution in [0.3, 0.4) is 0 Å². The van der Waals surface area contributed by atoms with Gasteiger partial charge in [0.25, 0.3) is 5.91 Å². The molecule has 3 N–H and O–H groups in total. The molecule has 0 spiro atoms. The largest absolute Gasteiger partial charge is 0.508 e. The minimum Gasteiger partial charge on any atom is -0.508 e. The average molecular weight is 763 g/mol. The van der Waals surface area contributed by atoms with Gasteiger partial charge in [-0.25, -0.2) is 8.78 Å². The number of carbonyl (C=O) groups excluding carboxylic acids is 3. The Labute approximate surface area is 324 Å². The third-order valence-electron chi connectivity index (χ3n) is 10.5. The second-order valence-electron chi connectivity index (χ2n) is 14.2. The van der Waals surface area contributed by atoms with E-state index in [1.54, 1.807) is 24.5 Å². The van der Waals surface area contributed by atoms with Crippen LogP contribution in [0.25, 0.3) is 11.1 Å². The molecule has 3 heterocycles. The molecule has 0 radical (unpaired) electrons. The number of nitrogens with zero attached hydrogens (tertiary/aromatic N) is 3. The molecule has 0 aromatic heterocycles. The number of rotatable bonds is 13. The molecule has 1 fully saturated rings. The second-order valence-corrected chi connectivity index (χ2v) is 14.2. The Morgan fingerprint density at radius 2 is 1.64 bits per heavy atom. The van der Waals surface area contributed by atoms with Crippen molar-refractivity contribution in [2.75, 3.05) is 31.1 Å². The van der Waals surface area contributed by atoms with E-state index in [-0.39, 0.29) is 48.5 Å². The number of nitrogens with one attached hydrogen (secondary N) is 1.